The van der Waals surface area contributed by atoms with Crippen molar-refractivity contribution in [2.75, 3.05) is 72.7 Å². The van der Waals surface area contributed by atoms with E-state index >= 15 is 0 Å². The minimum Gasteiger partial charge on any atom is -0.444 e. The van der Waals surface area contributed by atoms with E-state index in [1.54, 1.807) is 21.6 Å². The van der Waals surface area contributed by atoms with Crippen molar-refractivity contribution < 1.29 is 19.0 Å². The summed E-state index contributed by atoms with van der Waals surface area (Å²) in [5.74, 6) is 0.876. The zero-order chi connectivity index (χ0) is 44.6. The molecule has 0 aromatic heterocycles. The molecule has 7 nitrogen and oxygen atoms in total. The number of rotatable bonds is 0. The third-order valence-electron chi connectivity index (χ3n) is 11.6. The van der Waals surface area contributed by atoms with Gasteiger partial charge in [0.25, 0.3) is 0 Å². The maximum Gasteiger partial charge on any atom is 0.410 e. The molecule has 5 aliphatic rings. The van der Waals surface area contributed by atoms with E-state index in [0.29, 0.717) is 28.2 Å². The fourth-order valence-corrected chi connectivity index (χ4v) is 7.37. The van der Waals surface area contributed by atoms with Crippen LogP contribution in [0.25, 0.3) is 0 Å². The second-order valence-corrected chi connectivity index (χ2v) is 23.1. The Hall–Kier alpha value is -1.93. The molecular weight excluding hydrogens is 719 g/mol. The van der Waals surface area contributed by atoms with Crippen LogP contribution in [0.15, 0.2) is 46.6 Å². The number of nitrogens with zero attached hydrogens (tertiary/aromatic N) is 2. The number of carbonyl (C=O) groups is 1. The van der Waals surface area contributed by atoms with Crippen molar-refractivity contribution in [2.45, 2.75) is 169 Å². The molecule has 0 aliphatic carbocycles. The van der Waals surface area contributed by atoms with Gasteiger partial charge in [-0.15, -0.1) is 0 Å². The van der Waals surface area contributed by atoms with Gasteiger partial charge < -0.3 is 29.3 Å². The second kappa shape index (κ2) is 23.9. The third kappa shape index (κ3) is 23.2. The molecule has 0 atom stereocenters. The van der Waals surface area contributed by atoms with Gasteiger partial charge >= 0.3 is 6.09 Å². The first-order valence-electron chi connectivity index (χ1n) is 22.7. The fraction of sp³-hybridized carbons (Fsp3) is 0.824. The average Bonchev–Trinajstić information content (AvgIpc) is 3.12. The lowest BCUT2D eigenvalue weighted by atomic mass is 9.76. The molecule has 0 radical (unpaired) electrons. The minimum atomic E-state index is -0.412. The Balaban J connectivity index is 0.000000369. The molecule has 0 aromatic carbocycles. The van der Waals surface area contributed by atoms with Crippen molar-refractivity contribution >= 4 is 6.09 Å². The number of nitrogens with one attached hydrogen (secondary N) is 1. The summed E-state index contributed by atoms with van der Waals surface area (Å²) in [6.45, 7) is 49.4. The zero-order valence-electron chi connectivity index (χ0n) is 41.7. The molecule has 338 valence electrons. The first kappa shape index (κ1) is 54.1. The van der Waals surface area contributed by atoms with Gasteiger partial charge in [-0.2, -0.15) is 0 Å². The van der Waals surface area contributed by atoms with Crippen LogP contribution in [0.2, 0.25) is 0 Å². The quantitative estimate of drug-likeness (QED) is 0.246. The highest BCUT2D eigenvalue weighted by Crippen LogP contribution is 2.34. The average molecular weight is 814 g/mol. The predicted octanol–water partition coefficient (Wildman–Crippen LogP) is 12.7. The third-order valence-corrected chi connectivity index (χ3v) is 11.6. The molecule has 5 heterocycles. The van der Waals surface area contributed by atoms with Crippen molar-refractivity contribution in [2.24, 2.45) is 33.0 Å². The van der Waals surface area contributed by atoms with Gasteiger partial charge in [0.2, 0.25) is 0 Å². The Bertz CT molecular complexity index is 1290. The molecule has 1 saturated heterocycles. The van der Waals surface area contributed by atoms with E-state index in [9.17, 15) is 4.79 Å². The number of hydrogen-bond acceptors (Lipinski definition) is 6. The van der Waals surface area contributed by atoms with Gasteiger partial charge in [0.15, 0.2) is 0 Å². The van der Waals surface area contributed by atoms with E-state index in [2.05, 4.69) is 145 Å². The lowest BCUT2D eigenvalue weighted by Crippen LogP contribution is -2.40. The topological polar surface area (TPSA) is 63.3 Å². The Labute approximate surface area is 360 Å². The van der Waals surface area contributed by atoms with Crippen molar-refractivity contribution in [1.82, 2.24) is 15.1 Å². The van der Waals surface area contributed by atoms with Crippen molar-refractivity contribution in [3.63, 3.8) is 0 Å². The van der Waals surface area contributed by atoms with Crippen LogP contribution in [0.5, 0.6) is 0 Å². The Morgan fingerprint density at radius 2 is 1.09 bits per heavy atom. The van der Waals surface area contributed by atoms with Gasteiger partial charge in [0.05, 0.1) is 13.2 Å². The minimum absolute atomic E-state index is 0.207. The lowest BCUT2D eigenvalue weighted by Gasteiger charge is -2.33. The number of carbonyl (C=O) groups excluding carboxylic acids is 1. The summed E-state index contributed by atoms with van der Waals surface area (Å²) in [7, 11) is 2.18. The summed E-state index contributed by atoms with van der Waals surface area (Å²) in [4.78, 5) is 16.0. The molecule has 5 aliphatic heterocycles. The number of hydrogen-bond donors (Lipinski definition) is 1. The predicted molar refractivity (Wildman–Crippen MR) is 251 cm³/mol. The first-order chi connectivity index (χ1) is 26.4. The summed E-state index contributed by atoms with van der Waals surface area (Å²) < 4.78 is 15.9. The molecule has 0 spiro atoms. The van der Waals surface area contributed by atoms with E-state index in [1.165, 1.54) is 37.8 Å². The van der Waals surface area contributed by atoms with E-state index in [4.69, 9.17) is 14.2 Å². The van der Waals surface area contributed by atoms with Gasteiger partial charge in [0.1, 0.15) is 5.60 Å². The summed E-state index contributed by atoms with van der Waals surface area (Å²) in [6, 6.07) is 0. The number of ether oxygens (including phenoxy) is 3. The molecule has 0 saturated carbocycles. The molecule has 1 amide bonds. The van der Waals surface area contributed by atoms with Gasteiger partial charge in [-0.05, 0) is 106 Å². The van der Waals surface area contributed by atoms with Crippen molar-refractivity contribution in [3.05, 3.63) is 46.6 Å². The zero-order valence-corrected chi connectivity index (χ0v) is 41.7. The van der Waals surface area contributed by atoms with E-state index < -0.39 is 5.60 Å². The van der Waals surface area contributed by atoms with E-state index in [0.717, 1.165) is 71.4 Å². The Morgan fingerprint density at radius 1 is 0.603 bits per heavy atom. The molecule has 58 heavy (non-hydrogen) atoms. The van der Waals surface area contributed by atoms with E-state index in [-0.39, 0.29) is 11.5 Å². The smallest absolute Gasteiger partial charge is 0.410 e. The molecule has 1 N–H and O–H groups in total. The van der Waals surface area contributed by atoms with Crippen LogP contribution >= 0.6 is 0 Å². The summed E-state index contributed by atoms with van der Waals surface area (Å²) in [5.41, 5.74) is 7.61. The standard InChI is InChI=1S/C14H25NO2.C10H19N.C9H17N.C9H18O.C9H16O/c1-13(2,3)11-7-9-15(10-8-11)12(16)17-14(4,5)6;1-10(2,3)9-5-7-11(4)8-6-9;3*1-9(2,3)8-4-6-10-7-5-8/h7H,8-10H2,1-6H3;5H,6-8H2,1-4H3;4,10H,5-7H2,1-3H3;8H,4-7H2,1-3H3;4H,5-7H2,1-3H3. The maximum atomic E-state index is 11.8. The second-order valence-electron chi connectivity index (χ2n) is 23.1. The highest BCUT2D eigenvalue weighted by atomic mass is 16.6. The molecule has 5 rings (SSSR count). The normalized spacial score (nSPS) is 20.4. The molecular formula is C51H95N3O4. The van der Waals surface area contributed by atoms with Crippen LogP contribution in [0.4, 0.5) is 4.79 Å². The van der Waals surface area contributed by atoms with Crippen LogP contribution in [-0.4, -0.2) is 94.2 Å². The Kier molecular flexibility index (Phi) is 22.3. The summed E-state index contributed by atoms with van der Waals surface area (Å²) >= 11 is 0. The van der Waals surface area contributed by atoms with Crippen LogP contribution in [0, 0.1) is 33.0 Å². The van der Waals surface area contributed by atoms with Gasteiger partial charge in [-0.1, -0.05) is 150 Å². The monoisotopic (exact) mass is 814 g/mol. The summed E-state index contributed by atoms with van der Waals surface area (Å²) in [5, 5.41) is 3.31. The van der Waals surface area contributed by atoms with Gasteiger partial charge in [-0.25, -0.2) is 4.79 Å². The number of likely N-dealkylation sites (N-methyl/N-ethyl adjacent to an activating group) is 1. The van der Waals surface area contributed by atoms with Crippen LogP contribution in [-0.2, 0) is 14.2 Å². The van der Waals surface area contributed by atoms with Crippen LogP contribution in [0.1, 0.15) is 163 Å². The summed E-state index contributed by atoms with van der Waals surface area (Å²) in [6.07, 6.45) is 15.9. The molecule has 1 fully saturated rings. The van der Waals surface area contributed by atoms with E-state index in [1.807, 2.05) is 20.8 Å². The first-order valence-corrected chi connectivity index (χ1v) is 22.7. The molecule has 0 unspecified atom stereocenters. The lowest BCUT2D eigenvalue weighted by molar-refractivity contribution is 0.0262. The van der Waals surface area contributed by atoms with Crippen molar-refractivity contribution in [3.8, 4) is 0 Å². The van der Waals surface area contributed by atoms with Crippen LogP contribution in [0.3, 0.4) is 0 Å². The largest absolute Gasteiger partial charge is 0.444 e. The Morgan fingerprint density at radius 3 is 1.40 bits per heavy atom. The van der Waals surface area contributed by atoms with Gasteiger partial charge in [-0.3, -0.25) is 0 Å². The SMILES string of the molecule is CC(C)(C)C1=CCNCC1.CC(C)(C)C1=CCOCC1.CC(C)(C)C1CCOCC1.CC(C)(C)OC(=O)N1CC=C(C(C)(C)C)CC1.CN1CC=C(C(C)(C)C)CC1. The van der Waals surface area contributed by atoms with Crippen molar-refractivity contribution in [1.29, 1.82) is 0 Å². The molecule has 7 heteroatoms. The highest BCUT2D eigenvalue weighted by molar-refractivity contribution is 5.68. The molecule has 0 bridgehead atoms. The molecule has 0 aromatic rings. The highest BCUT2D eigenvalue weighted by Gasteiger charge is 2.28. The fourth-order valence-electron chi connectivity index (χ4n) is 7.37. The maximum absolute atomic E-state index is 11.8. The van der Waals surface area contributed by atoms with Gasteiger partial charge in [0, 0.05) is 45.9 Å². The van der Waals surface area contributed by atoms with Crippen LogP contribution < -0.4 is 5.32 Å². The number of amides is 1.